The van der Waals surface area contributed by atoms with Crippen LogP contribution in [-0.4, -0.2) is 31.1 Å². The molecule has 0 aliphatic carbocycles. The highest BCUT2D eigenvalue weighted by Gasteiger charge is 2.08. The molecule has 0 aliphatic heterocycles. The van der Waals surface area contributed by atoms with Crippen molar-refractivity contribution in [1.29, 1.82) is 0 Å². The van der Waals surface area contributed by atoms with Gasteiger partial charge in [-0.1, -0.05) is 0 Å². The second-order valence-electron chi connectivity index (χ2n) is 1.30. The largest absolute Gasteiger partial charge is 0.355 e. The Hall–Kier alpha value is 0.200. The Balaban J connectivity index is 3.35. The molecule has 0 fully saturated rings. The first kappa shape index (κ1) is 8.20. The van der Waals surface area contributed by atoms with E-state index in [2.05, 4.69) is 4.74 Å². The van der Waals surface area contributed by atoms with Crippen molar-refractivity contribution in [2.75, 3.05) is 20.4 Å². The number of rotatable bonds is 3. The van der Waals surface area contributed by atoms with Gasteiger partial charge in [0.05, 0.1) is 0 Å². The summed E-state index contributed by atoms with van der Waals surface area (Å²) >= 11 is 1.31. The SMILES string of the molecule is COC(SC)N(C)F. The Morgan fingerprint density at radius 2 is 2.25 bits per heavy atom. The fraction of sp³-hybridized carbons (Fsp3) is 1.00. The van der Waals surface area contributed by atoms with Gasteiger partial charge >= 0.3 is 0 Å². The van der Waals surface area contributed by atoms with Crippen molar-refractivity contribution in [2.45, 2.75) is 5.56 Å². The first-order chi connectivity index (χ1) is 3.72. The molecule has 1 unspecified atom stereocenters. The Bertz CT molecular complexity index is 58.0. The van der Waals surface area contributed by atoms with E-state index >= 15 is 0 Å². The molecule has 0 amide bonds. The highest BCUT2D eigenvalue weighted by molar-refractivity contribution is 7.99. The second-order valence-corrected chi connectivity index (χ2v) is 2.18. The molecule has 0 heterocycles. The number of nitrogens with zero attached hydrogens (tertiary/aromatic N) is 1. The zero-order valence-electron chi connectivity index (χ0n) is 5.22. The fourth-order valence-electron chi connectivity index (χ4n) is 0.387. The summed E-state index contributed by atoms with van der Waals surface area (Å²) in [6.45, 7) is 0. The average molecular weight is 139 g/mol. The van der Waals surface area contributed by atoms with Crippen LogP contribution < -0.4 is 0 Å². The smallest absolute Gasteiger partial charge is 0.184 e. The predicted octanol–water partition coefficient (Wildman–Crippen LogP) is 1.10. The molecule has 0 aromatic rings. The monoisotopic (exact) mass is 139 g/mol. The summed E-state index contributed by atoms with van der Waals surface area (Å²) in [6, 6.07) is 0. The molecule has 0 saturated carbocycles. The standard InChI is InChI=1S/C4H10FNOS/c1-6(5)4(7-2)8-3/h4H,1-3H3. The number of halogens is 1. The summed E-state index contributed by atoms with van der Waals surface area (Å²) in [5.41, 5.74) is -0.463. The topological polar surface area (TPSA) is 12.5 Å². The second kappa shape index (κ2) is 4.12. The maximum absolute atomic E-state index is 12.1. The van der Waals surface area contributed by atoms with Crippen LogP contribution >= 0.6 is 11.8 Å². The summed E-state index contributed by atoms with van der Waals surface area (Å²) in [4.78, 5) is 0. The third kappa shape index (κ3) is 2.49. The Morgan fingerprint density at radius 1 is 1.75 bits per heavy atom. The molecule has 0 rings (SSSR count). The van der Waals surface area contributed by atoms with Crippen molar-refractivity contribution in [1.82, 2.24) is 5.12 Å². The summed E-state index contributed by atoms with van der Waals surface area (Å²) in [5, 5.41) is 0.519. The number of methoxy groups -OCH3 is 1. The normalized spacial score (nSPS) is 14.6. The van der Waals surface area contributed by atoms with E-state index in [0.717, 1.165) is 0 Å². The van der Waals surface area contributed by atoms with Crippen LogP contribution in [0.1, 0.15) is 0 Å². The Kier molecular flexibility index (Phi) is 4.22. The molecule has 0 radical (unpaired) electrons. The summed E-state index contributed by atoms with van der Waals surface area (Å²) < 4.78 is 16.7. The molecule has 1 atom stereocenters. The molecular weight excluding hydrogens is 129 g/mol. The van der Waals surface area contributed by atoms with Crippen molar-refractivity contribution >= 4 is 11.8 Å². The van der Waals surface area contributed by atoms with Crippen LogP contribution in [0.3, 0.4) is 0 Å². The summed E-state index contributed by atoms with van der Waals surface area (Å²) in [7, 11) is 2.79. The van der Waals surface area contributed by atoms with Crippen molar-refractivity contribution in [3.63, 3.8) is 0 Å². The average Bonchev–Trinajstić information content (AvgIpc) is 1.69. The molecule has 0 spiro atoms. The lowest BCUT2D eigenvalue weighted by molar-refractivity contribution is -0.0694. The lowest BCUT2D eigenvalue weighted by Gasteiger charge is -2.14. The summed E-state index contributed by atoms with van der Waals surface area (Å²) in [5.74, 6) is 0. The van der Waals surface area contributed by atoms with Crippen LogP contribution in [0.25, 0.3) is 0 Å². The molecule has 0 aromatic heterocycles. The number of ether oxygens (including phenoxy) is 1. The van der Waals surface area contributed by atoms with Crippen LogP contribution in [0.5, 0.6) is 0 Å². The molecule has 0 bridgehead atoms. The van der Waals surface area contributed by atoms with Gasteiger partial charge in [-0.05, 0) is 6.26 Å². The molecule has 0 saturated heterocycles. The highest BCUT2D eigenvalue weighted by Crippen LogP contribution is 2.10. The fourth-order valence-corrected chi connectivity index (χ4v) is 0.870. The van der Waals surface area contributed by atoms with Crippen molar-refractivity contribution in [3.05, 3.63) is 0 Å². The first-order valence-corrected chi connectivity index (χ1v) is 3.45. The van der Waals surface area contributed by atoms with Gasteiger partial charge in [0.2, 0.25) is 0 Å². The molecule has 0 N–H and O–H groups in total. The van der Waals surface area contributed by atoms with Gasteiger partial charge in [0, 0.05) is 14.2 Å². The van der Waals surface area contributed by atoms with E-state index in [1.165, 1.54) is 25.9 Å². The van der Waals surface area contributed by atoms with Crippen LogP contribution in [-0.2, 0) is 4.74 Å². The van der Waals surface area contributed by atoms with E-state index < -0.39 is 5.56 Å². The van der Waals surface area contributed by atoms with Crippen molar-refractivity contribution in [2.24, 2.45) is 0 Å². The van der Waals surface area contributed by atoms with Gasteiger partial charge in [-0.2, -0.15) is 0 Å². The molecule has 8 heavy (non-hydrogen) atoms. The maximum atomic E-state index is 12.1. The molecular formula is C4H10FNOS. The lowest BCUT2D eigenvalue weighted by Crippen LogP contribution is -2.21. The van der Waals surface area contributed by atoms with Crippen molar-refractivity contribution < 1.29 is 9.22 Å². The minimum Gasteiger partial charge on any atom is -0.355 e. The van der Waals surface area contributed by atoms with E-state index in [1.54, 1.807) is 6.26 Å². The lowest BCUT2D eigenvalue weighted by atomic mass is 11.1. The van der Waals surface area contributed by atoms with E-state index in [0.29, 0.717) is 5.12 Å². The van der Waals surface area contributed by atoms with E-state index in [9.17, 15) is 4.48 Å². The quantitative estimate of drug-likeness (QED) is 0.429. The van der Waals surface area contributed by atoms with E-state index in [1.807, 2.05) is 0 Å². The van der Waals surface area contributed by atoms with E-state index in [-0.39, 0.29) is 0 Å². The van der Waals surface area contributed by atoms with Crippen LogP contribution in [0, 0.1) is 0 Å². The molecule has 50 valence electrons. The van der Waals surface area contributed by atoms with Crippen LogP contribution in [0.2, 0.25) is 0 Å². The van der Waals surface area contributed by atoms with Gasteiger partial charge in [0.25, 0.3) is 0 Å². The van der Waals surface area contributed by atoms with Crippen molar-refractivity contribution in [3.8, 4) is 0 Å². The van der Waals surface area contributed by atoms with Gasteiger partial charge in [-0.25, -0.2) is 0 Å². The minimum atomic E-state index is -0.463. The highest BCUT2D eigenvalue weighted by atomic mass is 32.2. The van der Waals surface area contributed by atoms with Gasteiger partial charge in [-0.3, -0.25) is 0 Å². The molecule has 4 heteroatoms. The third-order valence-corrected chi connectivity index (χ3v) is 1.58. The minimum absolute atomic E-state index is 0.463. The van der Waals surface area contributed by atoms with Gasteiger partial charge in [-0.15, -0.1) is 21.4 Å². The molecule has 2 nitrogen and oxygen atoms in total. The molecule has 0 aliphatic rings. The molecule has 0 aromatic carbocycles. The van der Waals surface area contributed by atoms with Gasteiger partial charge in [0.1, 0.15) is 0 Å². The first-order valence-electron chi connectivity index (χ1n) is 2.16. The summed E-state index contributed by atoms with van der Waals surface area (Å²) in [6.07, 6.45) is 1.78. The number of thioether (sulfide) groups is 1. The van der Waals surface area contributed by atoms with Gasteiger partial charge < -0.3 is 4.74 Å². The van der Waals surface area contributed by atoms with Crippen LogP contribution in [0.15, 0.2) is 0 Å². The zero-order valence-corrected chi connectivity index (χ0v) is 6.04. The maximum Gasteiger partial charge on any atom is 0.184 e. The Morgan fingerprint density at radius 3 is 2.25 bits per heavy atom. The van der Waals surface area contributed by atoms with Gasteiger partial charge in [0.15, 0.2) is 5.56 Å². The Labute approximate surface area is 52.9 Å². The van der Waals surface area contributed by atoms with E-state index in [4.69, 9.17) is 0 Å². The third-order valence-electron chi connectivity index (χ3n) is 0.694. The van der Waals surface area contributed by atoms with Crippen LogP contribution in [0.4, 0.5) is 4.48 Å². The number of hydrogen-bond donors (Lipinski definition) is 0. The predicted molar refractivity (Wildman–Crippen MR) is 33.2 cm³/mol. The number of hydrogen-bond acceptors (Lipinski definition) is 3. The zero-order chi connectivity index (χ0) is 6.57.